The van der Waals surface area contributed by atoms with Gasteiger partial charge in [-0.15, -0.1) is 0 Å². The fourth-order valence-corrected chi connectivity index (χ4v) is 3.05. The second kappa shape index (κ2) is 8.75. The maximum Gasteiger partial charge on any atom is 0.213 e. The summed E-state index contributed by atoms with van der Waals surface area (Å²) in [6.07, 6.45) is 3.76. The number of aromatic nitrogens is 2. The van der Waals surface area contributed by atoms with Gasteiger partial charge in [-0.05, 0) is 23.3 Å². The summed E-state index contributed by atoms with van der Waals surface area (Å²) in [5.41, 5.74) is 4.25. The first kappa shape index (κ1) is 17.6. The van der Waals surface area contributed by atoms with Crippen LogP contribution in [0.15, 0.2) is 67.0 Å². The van der Waals surface area contributed by atoms with Crippen LogP contribution >= 0.6 is 0 Å². The lowest BCUT2D eigenvalue weighted by Crippen LogP contribution is -2.35. The fraction of sp³-hybridized carbons (Fsp3) is 0.273. The van der Waals surface area contributed by atoms with E-state index in [-0.39, 0.29) is 0 Å². The van der Waals surface area contributed by atoms with Crippen molar-refractivity contribution in [2.45, 2.75) is 13.2 Å². The Morgan fingerprint density at radius 1 is 0.852 bits per heavy atom. The highest BCUT2D eigenvalue weighted by atomic mass is 16.5. The third kappa shape index (κ3) is 4.90. The van der Waals surface area contributed by atoms with E-state index >= 15 is 0 Å². The van der Waals surface area contributed by atoms with Crippen LogP contribution in [0.1, 0.15) is 11.1 Å². The average Bonchev–Trinajstić information content (AvgIpc) is 2.75. The molecule has 0 unspecified atom stereocenters. The summed E-state index contributed by atoms with van der Waals surface area (Å²) in [6.45, 7) is 5.03. The Bertz CT molecular complexity index is 830. The molecule has 0 radical (unpaired) electrons. The molecule has 1 aromatic carbocycles. The Balaban J connectivity index is 1.35. The Hall–Kier alpha value is -2.76. The highest BCUT2D eigenvalue weighted by Gasteiger charge is 2.11. The van der Waals surface area contributed by atoms with Crippen LogP contribution in [-0.4, -0.2) is 41.2 Å². The first-order chi connectivity index (χ1) is 13.4. The summed E-state index contributed by atoms with van der Waals surface area (Å²) in [4.78, 5) is 11.4. The lowest BCUT2D eigenvalue weighted by Gasteiger charge is -2.26. The molecule has 5 nitrogen and oxygen atoms in total. The van der Waals surface area contributed by atoms with Gasteiger partial charge < -0.3 is 9.47 Å². The maximum absolute atomic E-state index is 5.74. The molecule has 1 fully saturated rings. The molecule has 1 aliphatic heterocycles. The van der Waals surface area contributed by atoms with E-state index in [2.05, 4.69) is 27.0 Å². The van der Waals surface area contributed by atoms with E-state index in [0.717, 1.165) is 49.7 Å². The van der Waals surface area contributed by atoms with Crippen LogP contribution in [0.4, 0.5) is 0 Å². The van der Waals surface area contributed by atoms with Gasteiger partial charge in [0, 0.05) is 43.7 Å². The van der Waals surface area contributed by atoms with Gasteiger partial charge in [-0.2, -0.15) is 0 Å². The summed E-state index contributed by atoms with van der Waals surface area (Å²) in [5.74, 6) is 0.617. The Morgan fingerprint density at radius 2 is 1.70 bits per heavy atom. The van der Waals surface area contributed by atoms with Crippen molar-refractivity contribution in [3.8, 4) is 17.1 Å². The molecule has 0 spiro atoms. The minimum absolute atomic E-state index is 0.516. The van der Waals surface area contributed by atoms with Gasteiger partial charge in [0.1, 0.15) is 6.61 Å². The van der Waals surface area contributed by atoms with E-state index in [9.17, 15) is 0 Å². The first-order valence-corrected chi connectivity index (χ1v) is 9.25. The second-order valence-electron chi connectivity index (χ2n) is 6.60. The van der Waals surface area contributed by atoms with E-state index in [1.165, 1.54) is 5.56 Å². The SMILES string of the molecule is c1ccc(COc2ccc(-c3ccc(CN4CCOCC4)cn3)cn2)cc1. The van der Waals surface area contributed by atoms with Crippen molar-refractivity contribution in [1.29, 1.82) is 0 Å². The predicted molar refractivity (Wildman–Crippen MR) is 104 cm³/mol. The predicted octanol–water partition coefficient (Wildman–Crippen LogP) is 3.55. The van der Waals surface area contributed by atoms with Crippen LogP contribution in [-0.2, 0) is 17.9 Å². The molecule has 3 heterocycles. The van der Waals surface area contributed by atoms with Crippen LogP contribution in [0.2, 0.25) is 0 Å². The third-order valence-corrected chi connectivity index (χ3v) is 4.60. The van der Waals surface area contributed by atoms with Gasteiger partial charge in [-0.25, -0.2) is 4.98 Å². The van der Waals surface area contributed by atoms with E-state index < -0.39 is 0 Å². The second-order valence-corrected chi connectivity index (χ2v) is 6.60. The van der Waals surface area contributed by atoms with E-state index in [4.69, 9.17) is 9.47 Å². The number of pyridine rings is 2. The number of hydrogen-bond acceptors (Lipinski definition) is 5. The molecular formula is C22H23N3O2. The topological polar surface area (TPSA) is 47.5 Å². The molecule has 2 aromatic heterocycles. The number of rotatable bonds is 6. The molecule has 0 N–H and O–H groups in total. The van der Waals surface area contributed by atoms with Crippen molar-refractivity contribution < 1.29 is 9.47 Å². The smallest absolute Gasteiger partial charge is 0.213 e. The molecule has 1 saturated heterocycles. The van der Waals surface area contributed by atoms with Crippen molar-refractivity contribution in [3.05, 3.63) is 78.1 Å². The van der Waals surface area contributed by atoms with Gasteiger partial charge in [0.15, 0.2) is 0 Å². The molecule has 3 aromatic rings. The number of ether oxygens (including phenoxy) is 2. The van der Waals surface area contributed by atoms with Gasteiger partial charge in [0.2, 0.25) is 5.88 Å². The number of hydrogen-bond donors (Lipinski definition) is 0. The highest BCUT2D eigenvalue weighted by molar-refractivity contribution is 5.58. The quantitative estimate of drug-likeness (QED) is 0.672. The summed E-state index contributed by atoms with van der Waals surface area (Å²) in [5, 5.41) is 0. The normalized spacial score (nSPS) is 14.8. The Kier molecular flexibility index (Phi) is 5.72. The molecule has 27 heavy (non-hydrogen) atoms. The van der Waals surface area contributed by atoms with E-state index in [0.29, 0.717) is 12.5 Å². The van der Waals surface area contributed by atoms with E-state index in [1.54, 1.807) is 0 Å². The van der Waals surface area contributed by atoms with Crippen LogP contribution in [0.3, 0.4) is 0 Å². The molecule has 0 amide bonds. The minimum Gasteiger partial charge on any atom is -0.473 e. The third-order valence-electron chi connectivity index (χ3n) is 4.60. The lowest BCUT2D eigenvalue weighted by molar-refractivity contribution is 0.0341. The molecule has 0 saturated carbocycles. The van der Waals surface area contributed by atoms with Crippen molar-refractivity contribution in [2.24, 2.45) is 0 Å². The zero-order valence-electron chi connectivity index (χ0n) is 15.3. The molecule has 138 valence electrons. The van der Waals surface area contributed by atoms with Crippen molar-refractivity contribution in [1.82, 2.24) is 14.9 Å². The molecule has 4 rings (SSSR count). The molecular weight excluding hydrogens is 338 g/mol. The monoisotopic (exact) mass is 361 g/mol. The summed E-state index contributed by atoms with van der Waals surface area (Å²) < 4.78 is 11.1. The molecule has 0 aliphatic carbocycles. The average molecular weight is 361 g/mol. The molecule has 5 heteroatoms. The van der Waals surface area contributed by atoms with Gasteiger partial charge in [-0.3, -0.25) is 9.88 Å². The van der Waals surface area contributed by atoms with Gasteiger partial charge in [-0.1, -0.05) is 36.4 Å². The molecule has 0 bridgehead atoms. The Labute approximate surface area is 159 Å². The van der Waals surface area contributed by atoms with Gasteiger partial charge in [0.25, 0.3) is 0 Å². The fourth-order valence-electron chi connectivity index (χ4n) is 3.05. The van der Waals surface area contributed by atoms with Gasteiger partial charge in [0.05, 0.1) is 18.9 Å². The summed E-state index contributed by atoms with van der Waals surface area (Å²) in [6, 6.07) is 18.2. The van der Waals surface area contributed by atoms with Crippen molar-refractivity contribution in [3.63, 3.8) is 0 Å². The highest BCUT2D eigenvalue weighted by Crippen LogP contribution is 2.19. The first-order valence-electron chi connectivity index (χ1n) is 9.25. The molecule has 1 aliphatic rings. The maximum atomic E-state index is 5.74. The van der Waals surface area contributed by atoms with Crippen LogP contribution < -0.4 is 4.74 Å². The van der Waals surface area contributed by atoms with Crippen LogP contribution in [0, 0.1) is 0 Å². The van der Waals surface area contributed by atoms with E-state index in [1.807, 2.05) is 54.9 Å². The van der Waals surface area contributed by atoms with Gasteiger partial charge >= 0.3 is 0 Å². The number of nitrogens with zero attached hydrogens (tertiary/aromatic N) is 3. The number of benzene rings is 1. The largest absolute Gasteiger partial charge is 0.473 e. The summed E-state index contributed by atoms with van der Waals surface area (Å²) in [7, 11) is 0. The zero-order chi connectivity index (χ0) is 18.3. The lowest BCUT2D eigenvalue weighted by atomic mass is 10.1. The standard InChI is InChI=1S/C22H23N3O2/c1-2-4-18(5-3-1)17-27-22-9-7-20(15-24-22)21-8-6-19(14-23-21)16-25-10-12-26-13-11-25/h1-9,14-15H,10-13,16-17H2. The van der Waals surface area contributed by atoms with Crippen molar-refractivity contribution >= 4 is 0 Å². The summed E-state index contributed by atoms with van der Waals surface area (Å²) >= 11 is 0. The molecule has 0 atom stereocenters. The van der Waals surface area contributed by atoms with Crippen LogP contribution in [0.5, 0.6) is 5.88 Å². The Morgan fingerprint density at radius 3 is 2.41 bits per heavy atom. The minimum atomic E-state index is 0.516. The van der Waals surface area contributed by atoms with Crippen molar-refractivity contribution in [2.75, 3.05) is 26.3 Å². The number of morpholine rings is 1. The van der Waals surface area contributed by atoms with Crippen LogP contribution in [0.25, 0.3) is 11.3 Å². The zero-order valence-corrected chi connectivity index (χ0v) is 15.3.